The zero-order chi connectivity index (χ0) is 9.84. The number of amides is 2. The van der Waals surface area contributed by atoms with Crippen LogP contribution >= 0.6 is 0 Å². The second kappa shape index (κ2) is 3.94. The fourth-order valence-corrected chi connectivity index (χ4v) is 1.26. The van der Waals surface area contributed by atoms with Crippen molar-refractivity contribution in [1.82, 2.24) is 10.2 Å². The Balaban J connectivity index is 2.71. The van der Waals surface area contributed by atoms with Gasteiger partial charge in [-0.3, -0.25) is 9.59 Å². The van der Waals surface area contributed by atoms with Crippen molar-refractivity contribution >= 4 is 11.8 Å². The Bertz CT molecular complexity index is 267. The molecule has 1 fully saturated rings. The van der Waals surface area contributed by atoms with Gasteiger partial charge in [0.15, 0.2) is 0 Å². The van der Waals surface area contributed by atoms with Crippen LogP contribution < -0.4 is 5.32 Å². The minimum absolute atomic E-state index is 0.0969. The lowest BCUT2D eigenvalue weighted by Crippen LogP contribution is -2.42. The minimum atomic E-state index is -0.455. The third-order valence-corrected chi connectivity index (χ3v) is 1.95. The van der Waals surface area contributed by atoms with Gasteiger partial charge in [0.25, 0.3) is 0 Å². The molecule has 1 heterocycles. The normalized spacial score (nSPS) is 23.4. The number of nitrogens with one attached hydrogen (secondary N) is 1. The van der Waals surface area contributed by atoms with E-state index in [0.717, 1.165) is 0 Å². The van der Waals surface area contributed by atoms with Crippen molar-refractivity contribution in [2.75, 3.05) is 13.1 Å². The molecule has 4 nitrogen and oxygen atoms in total. The van der Waals surface area contributed by atoms with Gasteiger partial charge in [0.05, 0.1) is 6.54 Å². The summed E-state index contributed by atoms with van der Waals surface area (Å²) >= 11 is 0. The van der Waals surface area contributed by atoms with Gasteiger partial charge < -0.3 is 10.2 Å². The summed E-state index contributed by atoms with van der Waals surface area (Å²) in [6.07, 6.45) is 5.43. The van der Waals surface area contributed by atoms with E-state index in [1.165, 1.54) is 4.90 Å². The van der Waals surface area contributed by atoms with Gasteiger partial charge >= 0.3 is 0 Å². The van der Waals surface area contributed by atoms with Gasteiger partial charge in [0, 0.05) is 13.0 Å². The summed E-state index contributed by atoms with van der Waals surface area (Å²) in [5.74, 6) is 2.19. The molecule has 1 N–H and O–H groups in total. The minimum Gasteiger partial charge on any atom is -0.345 e. The van der Waals surface area contributed by atoms with Crippen LogP contribution in [-0.2, 0) is 9.59 Å². The van der Waals surface area contributed by atoms with E-state index in [9.17, 15) is 9.59 Å². The first-order valence-electron chi connectivity index (χ1n) is 4.16. The molecule has 0 spiro atoms. The lowest BCUT2D eigenvalue weighted by atomic mass is 10.3. The number of carbonyl (C=O) groups excluding carboxylic acids is 2. The summed E-state index contributed by atoms with van der Waals surface area (Å²) in [7, 11) is 0. The zero-order valence-electron chi connectivity index (χ0n) is 7.54. The number of hydrogen-bond acceptors (Lipinski definition) is 2. The molecule has 1 atom stereocenters. The maximum Gasteiger partial charge on any atom is 0.245 e. The van der Waals surface area contributed by atoms with E-state index in [0.29, 0.717) is 13.0 Å². The highest BCUT2D eigenvalue weighted by atomic mass is 16.2. The van der Waals surface area contributed by atoms with E-state index in [1.807, 2.05) is 0 Å². The van der Waals surface area contributed by atoms with Crippen LogP contribution in [0.25, 0.3) is 0 Å². The van der Waals surface area contributed by atoms with Crippen molar-refractivity contribution in [3.8, 4) is 12.3 Å². The van der Waals surface area contributed by atoms with Crippen molar-refractivity contribution < 1.29 is 9.59 Å². The molecular formula is C9H12N2O2. The van der Waals surface area contributed by atoms with Gasteiger partial charge in [-0.25, -0.2) is 0 Å². The maximum absolute atomic E-state index is 11.5. The molecule has 1 saturated heterocycles. The SMILES string of the molecule is C#CCN1CCC(=O)NC(C)C1=O. The molecule has 1 unspecified atom stereocenters. The van der Waals surface area contributed by atoms with Crippen LogP contribution in [0.4, 0.5) is 0 Å². The van der Waals surface area contributed by atoms with Crippen molar-refractivity contribution in [1.29, 1.82) is 0 Å². The maximum atomic E-state index is 11.5. The average molecular weight is 180 g/mol. The molecule has 1 aliphatic rings. The standard InChI is InChI=1S/C9H12N2O2/c1-3-5-11-6-4-8(12)10-7(2)9(11)13/h1,7H,4-6H2,2H3,(H,10,12). The number of hydrogen-bond donors (Lipinski definition) is 1. The first kappa shape index (κ1) is 9.59. The van der Waals surface area contributed by atoms with E-state index in [2.05, 4.69) is 11.2 Å². The second-order valence-corrected chi connectivity index (χ2v) is 3.00. The summed E-state index contributed by atoms with van der Waals surface area (Å²) in [5.41, 5.74) is 0. The molecular weight excluding hydrogens is 168 g/mol. The van der Waals surface area contributed by atoms with Crippen LogP contribution in [0.2, 0.25) is 0 Å². The summed E-state index contributed by atoms with van der Waals surface area (Å²) in [4.78, 5) is 24.1. The second-order valence-electron chi connectivity index (χ2n) is 3.00. The van der Waals surface area contributed by atoms with E-state index >= 15 is 0 Å². The first-order chi connectivity index (χ1) is 6.15. The van der Waals surface area contributed by atoms with E-state index < -0.39 is 6.04 Å². The van der Waals surface area contributed by atoms with Crippen molar-refractivity contribution in [2.45, 2.75) is 19.4 Å². The van der Waals surface area contributed by atoms with Gasteiger partial charge in [-0.2, -0.15) is 0 Å². The Morgan fingerprint density at radius 3 is 3.00 bits per heavy atom. The Labute approximate surface area is 77.3 Å². The fraction of sp³-hybridized carbons (Fsp3) is 0.556. The number of rotatable bonds is 1. The van der Waals surface area contributed by atoms with Gasteiger partial charge in [0.2, 0.25) is 11.8 Å². The van der Waals surface area contributed by atoms with Crippen LogP contribution in [0.5, 0.6) is 0 Å². The quantitative estimate of drug-likeness (QED) is 0.545. The molecule has 0 aromatic carbocycles. The lowest BCUT2D eigenvalue weighted by molar-refractivity contribution is -0.132. The Kier molecular flexibility index (Phi) is 2.91. The lowest BCUT2D eigenvalue weighted by Gasteiger charge is -2.19. The predicted molar refractivity (Wildman–Crippen MR) is 47.6 cm³/mol. The van der Waals surface area contributed by atoms with E-state index in [1.54, 1.807) is 6.92 Å². The van der Waals surface area contributed by atoms with Crippen LogP contribution in [0.15, 0.2) is 0 Å². The highest BCUT2D eigenvalue weighted by molar-refractivity contribution is 5.89. The van der Waals surface area contributed by atoms with Gasteiger partial charge in [-0.05, 0) is 6.92 Å². The third kappa shape index (κ3) is 2.22. The first-order valence-corrected chi connectivity index (χ1v) is 4.16. The van der Waals surface area contributed by atoms with Crippen LogP contribution in [0, 0.1) is 12.3 Å². The number of terminal acetylenes is 1. The summed E-state index contributed by atoms with van der Waals surface area (Å²) in [6.45, 7) is 2.35. The molecule has 0 aromatic rings. The molecule has 1 aliphatic heterocycles. The Morgan fingerprint density at radius 2 is 2.38 bits per heavy atom. The van der Waals surface area contributed by atoms with Crippen LogP contribution in [0.1, 0.15) is 13.3 Å². The molecule has 0 saturated carbocycles. The smallest absolute Gasteiger partial charge is 0.245 e. The summed E-state index contributed by atoms with van der Waals surface area (Å²) in [5, 5.41) is 2.58. The van der Waals surface area contributed by atoms with E-state index in [4.69, 9.17) is 6.42 Å². The average Bonchev–Trinajstić information content (AvgIpc) is 2.19. The zero-order valence-corrected chi connectivity index (χ0v) is 7.54. The monoisotopic (exact) mass is 180 g/mol. The molecule has 0 aliphatic carbocycles. The predicted octanol–water partition coefficient (Wildman–Crippen LogP) is -0.643. The van der Waals surface area contributed by atoms with E-state index in [-0.39, 0.29) is 18.4 Å². The Hall–Kier alpha value is -1.50. The van der Waals surface area contributed by atoms with Gasteiger partial charge in [0.1, 0.15) is 6.04 Å². The molecule has 13 heavy (non-hydrogen) atoms. The molecule has 70 valence electrons. The molecule has 4 heteroatoms. The molecule has 2 amide bonds. The largest absolute Gasteiger partial charge is 0.345 e. The van der Waals surface area contributed by atoms with Crippen LogP contribution in [-0.4, -0.2) is 35.8 Å². The van der Waals surface area contributed by atoms with Crippen molar-refractivity contribution in [2.24, 2.45) is 0 Å². The van der Waals surface area contributed by atoms with Crippen molar-refractivity contribution in [3.05, 3.63) is 0 Å². The van der Waals surface area contributed by atoms with Gasteiger partial charge in [-0.1, -0.05) is 5.92 Å². The molecule has 0 radical (unpaired) electrons. The van der Waals surface area contributed by atoms with Crippen molar-refractivity contribution in [3.63, 3.8) is 0 Å². The topological polar surface area (TPSA) is 49.4 Å². The fourth-order valence-electron chi connectivity index (χ4n) is 1.26. The third-order valence-electron chi connectivity index (χ3n) is 1.95. The molecule has 0 bridgehead atoms. The highest BCUT2D eigenvalue weighted by Gasteiger charge is 2.25. The van der Waals surface area contributed by atoms with Crippen LogP contribution in [0.3, 0.4) is 0 Å². The summed E-state index contributed by atoms with van der Waals surface area (Å²) < 4.78 is 0. The number of nitrogens with zero attached hydrogens (tertiary/aromatic N) is 1. The molecule has 1 rings (SSSR count). The van der Waals surface area contributed by atoms with Gasteiger partial charge in [-0.15, -0.1) is 6.42 Å². The highest BCUT2D eigenvalue weighted by Crippen LogP contribution is 2.02. The molecule has 0 aromatic heterocycles. The Morgan fingerprint density at radius 1 is 1.69 bits per heavy atom. The number of carbonyl (C=O) groups is 2. The summed E-state index contributed by atoms with van der Waals surface area (Å²) in [6, 6.07) is -0.455.